The van der Waals surface area contributed by atoms with Crippen molar-refractivity contribution in [1.82, 2.24) is 25.3 Å². The number of ether oxygens (including phenoxy) is 6. The van der Waals surface area contributed by atoms with Crippen molar-refractivity contribution >= 4 is 36.0 Å². The van der Waals surface area contributed by atoms with E-state index >= 15 is 0 Å². The first-order valence-electron chi connectivity index (χ1n) is 21.5. The van der Waals surface area contributed by atoms with E-state index in [1.807, 2.05) is 68.5 Å². The van der Waals surface area contributed by atoms with Crippen molar-refractivity contribution in [2.24, 2.45) is 23.7 Å². The molecule has 2 aromatic rings. The van der Waals surface area contributed by atoms with Gasteiger partial charge in [0.15, 0.2) is 18.0 Å². The van der Waals surface area contributed by atoms with Gasteiger partial charge in [-0.25, -0.2) is 14.3 Å². The Morgan fingerprint density at radius 1 is 1.08 bits per heavy atom. The molecular formula is C45H65N5O12. The van der Waals surface area contributed by atoms with Gasteiger partial charge in [0.1, 0.15) is 23.6 Å². The highest BCUT2D eigenvalue weighted by Crippen LogP contribution is 2.41. The fourth-order valence-corrected chi connectivity index (χ4v) is 9.29. The number of fused-ring (bicyclic) bond motifs is 1. The van der Waals surface area contributed by atoms with E-state index in [1.54, 1.807) is 58.5 Å². The van der Waals surface area contributed by atoms with Crippen molar-refractivity contribution in [2.75, 3.05) is 20.6 Å². The maximum Gasteiger partial charge on any atom is 0.408 e. The Morgan fingerprint density at radius 2 is 1.77 bits per heavy atom. The molecule has 1 aromatic carbocycles. The van der Waals surface area contributed by atoms with Crippen LogP contribution in [0.4, 0.5) is 9.59 Å². The molecule has 0 bridgehead atoms. The highest BCUT2D eigenvalue weighted by Gasteiger charge is 2.58. The second-order valence-corrected chi connectivity index (χ2v) is 17.7. The average Bonchev–Trinajstić information content (AvgIpc) is 3.87. The second-order valence-electron chi connectivity index (χ2n) is 17.7. The van der Waals surface area contributed by atoms with Gasteiger partial charge in [0, 0.05) is 43.6 Å². The van der Waals surface area contributed by atoms with E-state index in [2.05, 4.69) is 15.7 Å². The van der Waals surface area contributed by atoms with Crippen LogP contribution in [0.3, 0.4) is 0 Å². The number of aromatic nitrogens is 2. The zero-order valence-corrected chi connectivity index (χ0v) is 37.7. The normalized spacial score (nSPS) is 35.9. The zero-order valence-electron chi connectivity index (χ0n) is 37.7. The van der Waals surface area contributed by atoms with Crippen LogP contribution in [0, 0.1) is 23.7 Å². The quantitative estimate of drug-likeness (QED) is 0.216. The molecule has 0 unspecified atom stereocenters. The van der Waals surface area contributed by atoms with Crippen LogP contribution in [0.5, 0.6) is 0 Å². The fraction of sp³-hybridized carbons (Fsp3) is 0.644. The number of aliphatic hydroxyl groups is 1. The Hall–Kier alpha value is -4.84. The molecule has 3 aliphatic heterocycles. The minimum absolute atomic E-state index is 0.0642. The number of Topliss-reactive ketones (excluding diaryl/α,β-unsaturated/α-hetero) is 1. The molecule has 0 aliphatic carbocycles. The maximum atomic E-state index is 14.5. The lowest BCUT2D eigenvalue weighted by atomic mass is 9.73. The van der Waals surface area contributed by atoms with E-state index in [1.165, 1.54) is 13.8 Å². The van der Waals surface area contributed by atoms with E-state index < -0.39 is 95.7 Å². The predicted octanol–water partition coefficient (Wildman–Crippen LogP) is 4.82. The smallest absolute Gasteiger partial charge is 0.408 e. The SMILES string of the molecule is CC[C@H]1OC(=O)[C@H](C)[C@@H](O)[C@H](C)[C@@H](O[C@@H]2O[C@H](C)C[C@H](N(C)C)[C@H]2OC(C)=O)[C@](C)(OC(=O)NCC=Cc2ccc(-n3cccn3)cc2)C[C@@H](C)C(=O)[C@H](C)[C@H]2NC(=O)O[C@@]21C. The number of cyclic esters (lactones) is 1. The summed E-state index contributed by atoms with van der Waals surface area (Å²) in [6.07, 6.45) is -0.159. The van der Waals surface area contributed by atoms with Crippen LogP contribution in [-0.4, -0.2) is 130 Å². The van der Waals surface area contributed by atoms with Gasteiger partial charge >= 0.3 is 24.1 Å². The molecule has 3 saturated heterocycles. The summed E-state index contributed by atoms with van der Waals surface area (Å²) in [5.41, 5.74) is -1.38. The third-order valence-electron chi connectivity index (χ3n) is 12.6. The van der Waals surface area contributed by atoms with Crippen molar-refractivity contribution in [1.29, 1.82) is 0 Å². The molecule has 342 valence electrons. The molecule has 0 saturated carbocycles. The number of hydrogen-bond acceptors (Lipinski definition) is 14. The first kappa shape index (κ1) is 48.2. The summed E-state index contributed by atoms with van der Waals surface area (Å²) in [6.45, 7) is 14.7. The summed E-state index contributed by atoms with van der Waals surface area (Å²) < 4.78 is 38.9. The molecule has 17 nitrogen and oxygen atoms in total. The van der Waals surface area contributed by atoms with Crippen molar-refractivity contribution in [3.63, 3.8) is 0 Å². The third-order valence-corrected chi connectivity index (χ3v) is 12.6. The number of carbonyl (C=O) groups excluding carboxylic acids is 5. The molecule has 2 amide bonds. The number of rotatable bonds is 10. The van der Waals surface area contributed by atoms with Gasteiger partial charge in [-0.3, -0.25) is 14.4 Å². The molecule has 4 heterocycles. The van der Waals surface area contributed by atoms with Crippen LogP contribution >= 0.6 is 0 Å². The summed E-state index contributed by atoms with van der Waals surface area (Å²) in [6, 6.07) is 8.25. The largest absolute Gasteiger partial charge is 0.458 e. The number of nitrogens with one attached hydrogen (secondary N) is 2. The fourth-order valence-electron chi connectivity index (χ4n) is 9.29. The Bertz CT molecular complexity index is 1910. The van der Waals surface area contributed by atoms with Crippen molar-refractivity contribution in [2.45, 2.75) is 142 Å². The Balaban J connectivity index is 1.52. The number of hydrogen-bond donors (Lipinski definition) is 3. The number of esters is 2. The molecule has 3 aliphatic rings. The lowest BCUT2D eigenvalue weighted by Crippen LogP contribution is -2.61. The van der Waals surface area contributed by atoms with Crippen molar-refractivity contribution in [3.05, 3.63) is 54.4 Å². The monoisotopic (exact) mass is 867 g/mol. The Labute approximate surface area is 364 Å². The molecular weight excluding hydrogens is 803 g/mol. The molecule has 1 aromatic heterocycles. The van der Waals surface area contributed by atoms with Gasteiger partial charge in [-0.15, -0.1) is 0 Å². The van der Waals surface area contributed by atoms with Gasteiger partial charge in [-0.2, -0.15) is 5.10 Å². The molecule has 3 fully saturated rings. The van der Waals surface area contributed by atoms with Gasteiger partial charge in [0.05, 0.1) is 35.9 Å². The molecule has 0 spiro atoms. The van der Waals surface area contributed by atoms with E-state index in [9.17, 15) is 29.1 Å². The van der Waals surface area contributed by atoms with Crippen LogP contribution in [0.25, 0.3) is 11.8 Å². The number of likely N-dealkylation sites (N-methyl/N-ethyl adjacent to an activating group) is 1. The topological polar surface area (TPSA) is 206 Å². The number of benzene rings is 1. The van der Waals surface area contributed by atoms with Crippen molar-refractivity contribution in [3.8, 4) is 5.69 Å². The zero-order chi connectivity index (χ0) is 45.7. The molecule has 5 rings (SSSR count). The standard InChI is InChI=1S/C45H65N5O12/c1-12-34-45(9)38(48-43(56)62-45)27(4)35(52)25(2)24-44(8,61-42(55)46-20-13-15-31-16-18-32(19-17-31)50-22-14-21-47-50)39(28(5)36(53)29(6)40(54)59-34)60-41-37(58-30(7)51)33(49(10)11)23-26(3)57-41/h13-19,21-22,25-29,33-34,36-39,41,53H,12,20,23-24H2,1-11H3,(H,46,55)(H,48,56)/t25-,26-,27+,28+,29-,33+,34-,36+,37-,38-,39-,41+,44-,45-/m1/s1. The van der Waals surface area contributed by atoms with Crippen LogP contribution < -0.4 is 10.6 Å². The van der Waals surface area contributed by atoms with Crippen LogP contribution in [0.15, 0.2) is 48.8 Å². The maximum absolute atomic E-state index is 14.5. The van der Waals surface area contributed by atoms with E-state index in [0.717, 1.165) is 11.3 Å². The lowest BCUT2D eigenvalue weighted by molar-refractivity contribution is -0.300. The second kappa shape index (κ2) is 20.1. The van der Waals surface area contributed by atoms with Gasteiger partial charge in [-0.05, 0) is 84.8 Å². The number of aliphatic hydroxyl groups excluding tert-OH is 1. The first-order chi connectivity index (χ1) is 29.2. The molecule has 62 heavy (non-hydrogen) atoms. The molecule has 14 atom stereocenters. The number of amides is 2. The van der Waals surface area contributed by atoms with Gasteiger partial charge < -0.3 is 49.1 Å². The van der Waals surface area contributed by atoms with E-state index in [-0.39, 0.29) is 37.3 Å². The van der Waals surface area contributed by atoms with Crippen molar-refractivity contribution < 1.29 is 57.5 Å². The summed E-state index contributed by atoms with van der Waals surface area (Å²) in [5.74, 6) is -5.51. The molecule has 3 N–H and O–H groups in total. The number of ketones is 1. The van der Waals surface area contributed by atoms with E-state index in [4.69, 9.17) is 28.4 Å². The number of nitrogens with zero attached hydrogens (tertiary/aromatic N) is 3. The minimum Gasteiger partial charge on any atom is -0.458 e. The summed E-state index contributed by atoms with van der Waals surface area (Å²) in [7, 11) is 3.70. The summed E-state index contributed by atoms with van der Waals surface area (Å²) in [5, 5.41) is 21.9. The molecule has 0 radical (unpaired) electrons. The third kappa shape index (κ3) is 10.8. The highest BCUT2D eigenvalue weighted by molar-refractivity contribution is 5.85. The van der Waals surface area contributed by atoms with Crippen LogP contribution in [-0.2, 0) is 42.8 Å². The van der Waals surface area contributed by atoms with E-state index in [0.29, 0.717) is 6.42 Å². The first-order valence-corrected chi connectivity index (χ1v) is 21.5. The number of alkyl carbamates (subject to hydrolysis) is 2. The van der Waals surface area contributed by atoms with Gasteiger partial charge in [0.2, 0.25) is 0 Å². The van der Waals surface area contributed by atoms with Gasteiger partial charge in [0.25, 0.3) is 0 Å². The predicted molar refractivity (Wildman–Crippen MR) is 227 cm³/mol. The van der Waals surface area contributed by atoms with Crippen LogP contribution in [0.1, 0.15) is 87.1 Å². The number of carbonyl (C=O) groups is 5. The molecule has 17 heteroatoms. The van der Waals surface area contributed by atoms with Crippen LogP contribution in [0.2, 0.25) is 0 Å². The lowest BCUT2D eigenvalue weighted by Gasteiger charge is -2.48. The highest BCUT2D eigenvalue weighted by atomic mass is 16.7. The Kier molecular flexibility index (Phi) is 15.6. The van der Waals surface area contributed by atoms with Gasteiger partial charge in [-0.1, -0.05) is 52.0 Å². The summed E-state index contributed by atoms with van der Waals surface area (Å²) >= 11 is 0. The Morgan fingerprint density at radius 3 is 2.39 bits per heavy atom. The minimum atomic E-state index is -1.72. The average molecular weight is 868 g/mol. The summed E-state index contributed by atoms with van der Waals surface area (Å²) in [4.78, 5) is 69.7.